The second-order valence-corrected chi connectivity index (χ2v) is 7.94. The molecule has 1 aromatic heterocycles. The molecule has 0 spiro atoms. The Morgan fingerprint density at radius 1 is 1.03 bits per heavy atom. The molecule has 0 aliphatic rings. The van der Waals surface area contributed by atoms with Gasteiger partial charge in [0.1, 0.15) is 19.0 Å². The SMILES string of the molecule is CC(=O)NCCCc1ccc(-c2csc(NC(=O)COCCOc3ccccc3)n2)cc1. The van der Waals surface area contributed by atoms with Gasteiger partial charge in [0.05, 0.1) is 12.3 Å². The minimum Gasteiger partial charge on any atom is -0.491 e. The number of nitrogens with one attached hydrogen (secondary N) is 2. The van der Waals surface area contributed by atoms with Gasteiger partial charge in [-0.1, -0.05) is 42.5 Å². The maximum atomic E-state index is 12.1. The molecule has 0 aliphatic carbocycles. The summed E-state index contributed by atoms with van der Waals surface area (Å²) in [6.45, 7) is 2.84. The summed E-state index contributed by atoms with van der Waals surface area (Å²) in [5, 5.41) is 8.01. The second kappa shape index (κ2) is 12.6. The van der Waals surface area contributed by atoms with Crippen LogP contribution < -0.4 is 15.4 Å². The van der Waals surface area contributed by atoms with Gasteiger partial charge in [-0.25, -0.2) is 4.98 Å². The number of amides is 2. The first-order valence-corrected chi connectivity index (χ1v) is 11.3. The topological polar surface area (TPSA) is 89.6 Å². The minimum atomic E-state index is -0.250. The van der Waals surface area contributed by atoms with Gasteiger partial charge < -0.3 is 14.8 Å². The highest BCUT2D eigenvalue weighted by Gasteiger charge is 2.09. The number of hydrogen-bond acceptors (Lipinski definition) is 6. The zero-order valence-corrected chi connectivity index (χ0v) is 18.8. The molecule has 3 rings (SSSR count). The normalized spacial score (nSPS) is 10.5. The molecule has 0 atom stereocenters. The lowest BCUT2D eigenvalue weighted by Gasteiger charge is -2.06. The molecule has 0 radical (unpaired) electrons. The molecule has 7 nitrogen and oxygen atoms in total. The summed E-state index contributed by atoms with van der Waals surface area (Å²) < 4.78 is 10.9. The summed E-state index contributed by atoms with van der Waals surface area (Å²) >= 11 is 1.37. The molecule has 0 unspecified atom stereocenters. The van der Waals surface area contributed by atoms with Crippen LogP contribution in [0.2, 0.25) is 0 Å². The number of anilines is 1. The van der Waals surface area contributed by atoms with Gasteiger partial charge in [0.2, 0.25) is 5.91 Å². The molecule has 0 bridgehead atoms. The summed E-state index contributed by atoms with van der Waals surface area (Å²) in [5.74, 6) is 0.518. The largest absolute Gasteiger partial charge is 0.491 e. The highest BCUT2D eigenvalue weighted by molar-refractivity contribution is 7.14. The average molecular weight is 454 g/mol. The fourth-order valence-corrected chi connectivity index (χ4v) is 3.65. The minimum absolute atomic E-state index is 0.00425. The van der Waals surface area contributed by atoms with E-state index in [1.54, 1.807) is 0 Å². The predicted molar refractivity (Wildman–Crippen MR) is 126 cm³/mol. The van der Waals surface area contributed by atoms with E-state index in [2.05, 4.69) is 27.8 Å². The van der Waals surface area contributed by atoms with Gasteiger partial charge >= 0.3 is 0 Å². The number of benzene rings is 2. The van der Waals surface area contributed by atoms with Crippen molar-refractivity contribution in [1.29, 1.82) is 0 Å². The molecule has 0 saturated heterocycles. The van der Waals surface area contributed by atoms with Crippen LogP contribution in [0.25, 0.3) is 11.3 Å². The summed E-state index contributed by atoms with van der Waals surface area (Å²) in [4.78, 5) is 27.5. The third kappa shape index (κ3) is 8.13. The first-order valence-electron chi connectivity index (χ1n) is 10.4. The van der Waals surface area contributed by atoms with Crippen LogP contribution in [-0.4, -0.2) is 43.2 Å². The fourth-order valence-electron chi connectivity index (χ4n) is 2.92. The molecule has 2 N–H and O–H groups in total. The lowest BCUT2D eigenvalue weighted by molar-refractivity contribution is -0.121. The van der Waals surface area contributed by atoms with E-state index in [0.29, 0.717) is 24.9 Å². The van der Waals surface area contributed by atoms with Gasteiger partial charge in [0.25, 0.3) is 5.91 Å². The van der Waals surface area contributed by atoms with E-state index < -0.39 is 0 Å². The van der Waals surface area contributed by atoms with Crippen molar-refractivity contribution in [2.75, 3.05) is 31.7 Å². The highest BCUT2D eigenvalue weighted by Crippen LogP contribution is 2.25. The summed E-state index contributed by atoms with van der Waals surface area (Å²) in [6.07, 6.45) is 1.79. The van der Waals surface area contributed by atoms with Crippen LogP contribution in [0.1, 0.15) is 18.9 Å². The average Bonchev–Trinajstić information content (AvgIpc) is 3.26. The van der Waals surface area contributed by atoms with E-state index in [9.17, 15) is 9.59 Å². The lowest BCUT2D eigenvalue weighted by atomic mass is 10.1. The summed E-state index contributed by atoms with van der Waals surface area (Å²) in [7, 11) is 0. The molecule has 8 heteroatoms. The standard InChI is InChI=1S/C24H27N3O4S/c1-18(28)25-13-5-6-19-9-11-20(12-10-19)22-17-32-24(26-22)27-23(29)16-30-14-15-31-21-7-3-2-4-8-21/h2-4,7-12,17H,5-6,13-16H2,1H3,(H,25,28)(H,26,27,29). The smallest absolute Gasteiger partial charge is 0.252 e. The van der Waals surface area contributed by atoms with Crippen LogP contribution >= 0.6 is 11.3 Å². The zero-order valence-electron chi connectivity index (χ0n) is 18.0. The monoisotopic (exact) mass is 453 g/mol. The lowest BCUT2D eigenvalue weighted by Crippen LogP contribution is -2.21. The molecule has 1 heterocycles. The van der Waals surface area contributed by atoms with E-state index in [-0.39, 0.29) is 18.4 Å². The number of aromatic nitrogens is 1. The zero-order chi connectivity index (χ0) is 22.6. The highest BCUT2D eigenvalue weighted by atomic mass is 32.1. The Balaban J connectivity index is 1.37. The third-order valence-electron chi connectivity index (χ3n) is 4.49. The Morgan fingerprint density at radius 2 is 1.81 bits per heavy atom. The Hall–Kier alpha value is -3.23. The third-order valence-corrected chi connectivity index (χ3v) is 5.25. The quantitative estimate of drug-likeness (QED) is 0.406. The molecular weight excluding hydrogens is 426 g/mol. The molecular formula is C24H27N3O4S. The van der Waals surface area contributed by atoms with Gasteiger partial charge in [-0.3, -0.25) is 14.9 Å². The van der Waals surface area contributed by atoms with Gasteiger partial charge in [-0.15, -0.1) is 11.3 Å². The number of aryl methyl sites for hydroxylation is 1. The number of para-hydroxylation sites is 1. The van der Waals surface area contributed by atoms with E-state index >= 15 is 0 Å². The van der Waals surface area contributed by atoms with Crippen LogP contribution in [0, 0.1) is 0 Å². The Labute approximate surface area is 191 Å². The van der Waals surface area contributed by atoms with Gasteiger partial charge in [0.15, 0.2) is 5.13 Å². The number of thiazole rings is 1. The van der Waals surface area contributed by atoms with Gasteiger partial charge in [-0.05, 0) is 30.5 Å². The van der Waals surface area contributed by atoms with Crippen LogP contribution in [-0.2, 0) is 20.7 Å². The molecule has 168 valence electrons. The Morgan fingerprint density at radius 3 is 2.56 bits per heavy atom. The van der Waals surface area contributed by atoms with Crippen molar-refractivity contribution in [3.05, 3.63) is 65.5 Å². The molecule has 2 aromatic carbocycles. The molecule has 32 heavy (non-hydrogen) atoms. The van der Waals surface area contributed by atoms with E-state index in [0.717, 1.165) is 29.8 Å². The van der Waals surface area contributed by atoms with E-state index in [1.807, 2.05) is 47.8 Å². The maximum Gasteiger partial charge on any atom is 0.252 e. The number of ether oxygens (including phenoxy) is 2. The van der Waals surface area contributed by atoms with Crippen molar-refractivity contribution in [1.82, 2.24) is 10.3 Å². The Kier molecular flexibility index (Phi) is 9.21. The van der Waals surface area contributed by atoms with Crippen LogP contribution in [0.5, 0.6) is 5.75 Å². The van der Waals surface area contributed by atoms with Crippen molar-refractivity contribution in [3.8, 4) is 17.0 Å². The van der Waals surface area contributed by atoms with Crippen molar-refractivity contribution in [3.63, 3.8) is 0 Å². The van der Waals surface area contributed by atoms with Crippen molar-refractivity contribution < 1.29 is 19.1 Å². The Bertz CT molecular complexity index is 990. The number of carbonyl (C=O) groups excluding carboxylic acids is 2. The first kappa shape index (κ1) is 23.4. The van der Waals surface area contributed by atoms with E-state index in [1.165, 1.54) is 23.8 Å². The fraction of sp³-hybridized carbons (Fsp3) is 0.292. The van der Waals surface area contributed by atoms with Gasteiger partial charge in [0, 0.05) is 24.4 Å². The number of nitrogens with zero attached hydrogens (tertiary/aromatic N) is 1. The van der Waals surface area contributed by atoms with Gasteiger partial charge in [-0.2, -0.15) is 0 Å². The molecule has 2 amide bonds. The second-order valence-electron chi connectivity index (χ2n) is 7.08. The van der Waals surface area contributed by atoms with Crippen LogP contribution in [0.15, 0.2) is 60.0 Å². The van der Waals surface area contributed by atoms with Crippen LogP contribution in [0.3, 0.4) is 0 Å². The van der Waals surface area contributed by atoms with Crippen LogP contribution in [0.4, 0.5) is 5.13 Å². The number of carbonyl (C=O) groups is 2. The predicted octanol–water partition coefficient (Wildman–Crippen LogP) is 3.91. The molecule has 0 fully saturated rings. The molecule has 0 saturated carbocycles. The number of rotatable bonds is 12. The first-order chi connectivity index (χ1) is 15.6. The molecule has 3 aromatic rings. The van der Waals surface area contributed by atoms with Crippen molar-refractivity contribution >= 4 is 28.3 Å². The molecule has 0 aliphatic heterocycles. The maximum absolute atomic E-state index is 12.1. The van der Waals surface area contributed by atoms with E-state index in [4.69, 9.17) is 9.47 Å². The van der Waals surface area contributed by atoms with Crippen molar-refractivity contribution in [2.45, 2.75) is 19.8 Å². The number of hydrogen-bond donors (Lipinski definition) is 2. The summed E-state index contributed by atoms with van der Waals surface area (Å²) in [5.41, 5.74) is 3.00. The van der Waals surface area contributed by atoms with Crippen molar-refractivity contribution in [2.24, 2.45) is 0 Å². The summed E-state index contributed by atoms with van der Waals surface area (Å²) in [6, 6.07) is 17.6.